The highest BCUT2D eigenvalue weighted by Crippen LogP contribution is 2.34. The average molecular weight is 285 g/mol. The van der Waals surface area contributed by atoms with Crippen molar-refractivity contribution in [2.24, 2.45) is 5.92 Å². The van der Waals surface area contributed by atoms with E-state index < -0.39 is 0 Å². The number of rotatable bonds is 6. The Hall–Kier alpha value is -1.77. The quantitative estimate of drug-likeness (QED) is 0.851. The number of benzene rings is 1. The summed E-state index contributed by atoms with van der Waals surface area (Å²) >= 11 is 0. The van der Waals surface area contributed by atoms with Crippen LogP contribution in [0.15, 0.2) is 30.5 Å². The fourth-order valence-electron chi connectivity index (χ4n) is 3.01. The molecule has 2 rings (SSSR count). The molecule has 0 unspecified atom stereocenters. The van der Waals surface area contributed by atoms with Crippen molar-refractivity contribution >= 4 is 22.3 Å². The van der Waals surface area contributed by atoms with Crippen molar-refractivity contribution in [3.8, 4) is 0 Å². The Morgan fingerprint density at radius 2 is 1.81 bits per heavy atom. The Balaban J connectivity index is 2.60. The first-order valence-corrected chi connectivity index (χ1v) is 7.98. The third kappa shape index (κ3) is 3.29. The Labute approximate surface area is 128 Å². The third-order valence-corrected chi connectivity index (χ3v) is 4.01. The first-order valence-electron chi connectivity index (χ1n) is 7.98. The molecule has 1 aromatic carbocycles. The van der Waals surface area contributed by atoms with Crippen molar-refractivity contribution in [2.45, 2.75) is 46.6 Å². The largest absolute Gasteiger partial charge is 0.396 e. The lowest BCUT2D eigenvalue weighted by Gasteiger charge is -2.35. The number of pyridine rings is 1. The molecule has 3 nitrogen and oxygen atoms in total. The molecule has 0 amide bonds. The second-order valence-corrected chi connectivity index (χ2v) is 6.10. The van der Waals surface area contributed by atoms with Crippen LogP contribution in [0.5, 0.6) is 0 Å². The van der Waals surface area contributed by atoms with Crippen molar-refractivity contribution in [1.29, 1.82) is 0 Å². The van der Waals surface area contributed by atoms with Crippen LogP contribution in [0, 0.1) is 5.92 Å². The lowest BCUT2D eigenvalue weighted by molar-refractivity contribution is 0.509. The molecule has 1 heterocycles. The van der Waals surface area contributed by atoms with Gasteiger partial charge in [0.25, 0.3) is 0 Å². The monoisotopic (exact) mass is 285 g/mol. The van der Waals surface area contributed by atoms with Gasteiger partial charge in [0, 0.05) is 18.0 Å². The maximum absolute atomic E-state index is 6.31. The average Bonchev–Trinajstić information content (AvgIpc) is 2.47. The fourth-order valence-corrected chi connectivity index (χ4v) is 3.01. The Morgan fingerprint density at radius 3 is 2.43 bits per heavy atom. The second kappa shape index (κ2) is 6.79. The van der Waals surface area contributed by atoms with E-state index in [1.807, 2.05) is 6.07 Å². The van der Waals surface area contributed by atoms with Gasteiger partial charge in [0.1, 0.15) is 0 Å². The highest BCUT2D eigenvalue weighted by Gasteiger charge is 2.21. The Bertz CT molecular complexity index is 588. The number of fused-ring (bicyclic) bond motifs is 1. The summed E-state index contributed by atoms with van der Waals surface area (Å²) in [4.78, 5) is 6.95. The van der Waals surface area contributed by atoms with Gasteiger partial charge in [-0.1, -0.05) is 45.9 Å². The van der Waals surface area contributed by atoms with Crippen molar-refractivity contribution in [1.82, 2.24) is 4.98 Å². The molecule has 0 fully saturated rings. The Kier molecular flexibility index (Phi) is 5.05. The maximum Gasteiger partial charge on any atom is 0.0745 e. The lowest BCUT2D eigenvalue weighted by Crippen LogP contribution is -2.38. The van der Waals surface area contributed by atoms with Crippen LogP contribution in [-0.2, 0) is 0 Å². The summed E-state index contributed by atoms with van der Waals surface area (Å²) in [6.07, 6.45) is 4.05. The molecule has 2 aromatic rings. The summed E-state index contributed by atoms with van der Waals surface area (Å²) < 4.78 is 0. The molecule has 0 aliphatic heterocycles. The molecule has 114 valence electrons. The summed E-state index contributed by atoms with van der Waals surface area (Å²) in [5.41, 5.74) is 9.26. The number of hydrogen-bond acceptors (Lipinski definition) is 3. The molecule has 0 spiro atoms. The van der Waals surface area contributed by atoms with Gasteiger partial charge in [-0.2, -0.15) is 0 Å². The minimum absolute atomic E-state index is 0.514. The molecule has 0 aliphatic rings. The minimum atomic E-state index is 0.514. The Morgan fingerprint density at radius 1 is 1.14 bits per heavy atom. The van der Waals surface area contributed by atoms with Gasteiger partial charge in [0.15, 0.2) is 0 Å². The van der Waals surface area contributed by atoms with E-state index in [1.54, 1.807) is 6.20 Å². The van der Waals surface area contributed by atoms with E-state index in [0.29, 0.717) is 12.0 Å². The van der Waals surface area contributed by atoms with Gasteiger partial charge in [-0.3, -0.25) is 4.98 Å². The molecule has 0 bridgehead atoms. The number of nitrogen functional groups attached to an aromatic ring is 1. The fraction of sp³-hybridized carbons (Fsp3) is 0.500. The van der Waals surface area contributed by atoms with Crippen LogP contribution in [0.25, 0.3) is 10.9 Å². The van der Waals surface area contributed by atoms with Crippen LogP contribution in [0.3, 0.4) is 0 Å². The predicted octanol–water partition coefficient (Wildman–Crippen LogP) is 4.47. The molecular formula is C18H27N3. The van der Waals surface area contributed by atoms with Gasteiger partial charge < -0.3 is 10.6 Å². The number of hydrogen-bond donors (Lipinski definition) is 1. The molecule has 1 aromatic heterocycles. The minimum Gasteiger partial charge on any atom is -0.396 e. The van der Waals surface area contributed by atoms with Crippen molar-refractivity contribution in [3.05, 3.63) is 30.5 Å². The van der Waals surface area contributed by atoms with Gasteiger partial charge in [0.2, 0.25) is 0 Å². The van der Waals surface area contributed by atoms with Gasteiger partial charge in [-0.25, -0.2) is 0 Å². The highest BCUT2D eigenvalue weighted by atomic mass is 15.2. The number of aromatic nitrogens is 1. The zero-order chi connectivity index (χ0) is 15.4. The number of para-hydroxylation sites is 1. The molecular weight excluding hydrogens is 258 g/mol. The van der Waals surface area contributed by atoms with Gasteiger partial charge in [0.05, 0.1) is 23.1 Å². The number of nitrogens with zero attached hydrogens (tertiary/aromatic N) is 2. The molecule has 0 atom stereocenters. The number of anilines is 2. The molecule has 21 heavy (non-hydrogen) atoms. The van der Waals surface area contributed by atoms with E-state index in [-0.39, 0.29) is 0 Å². The van der Waals surface area contributed by atoms with Crippen molar-refractivity contribution in [2.75, 3.05) is 17.2 Å². The van der Waals surface area contributed by atoms with Crippen molar-refractivity contribution in [3.63, 3.8) is 0 Å². The first kappa shape index (κ1) is 15.6. The molecule has 0 aliphatic carbocycles. The second-order valence-electron chi connectivity index (χ2n) is 6.10. The summed E-state index contributed by atoms with van der Waals surface area (Å²) in [5.74, 6) is 0.594. The smallest absolute Gasteiger partial charge is 0.0745 e. The van der Waals surface area contributed by atoms with E-state index in [1.165, 1.54) is 0 Å². The summed E-state index contributed by atoms with van der Waals surface area (Å²) in [6.45, 7) is 10.0. The van der Waals surface area contributed by atoms with E-state index in [0.717, 1.165) is 41.7 Å². The summed E-state index contributed by atoms with van der Waals surface area (Å²) in [5, 5.41) is 1.16. The van der Waals surface area contributed by atoms with Crippen LogP contribution < -0.4 is 10.6 Å². The van der Waals surface area contributed by atoms with Gasteiger partial charge >= 0.3 is 0 Å². The normalized spacial score (nSPS) is 11.5. The number of nitrogens with two attached hydrogens (primary N) is 1. The molecule has 0 radical (unpaired) electrons. The lowest BCUT2D eigenvalue weighted by atomic mass is 10.0. The zero-order valence-corrected chi connectivity index (χ0v) is 13.6. The van der Waals surface area contributed by atoms with Gasteiger partial charge in [-0.15, -0.1) is 0 Å². The van der Waals surface area contributed by atoms with Crippen LogP contribution in [0.1, 0.15) is 40.5 Å². The molecule has 0 saturated carbocycles. The third-order valence-electron chi connectivity index (χ3n) is 4.01. The highest BCUT2D eigenvalue weighted by molar-refractivity contribution is 5.97. The predicted molar refractivity (Wildman–Crippen MR) is 92.7 cm³/mol. The van der Waals surface area contributed by atoms with Crippen LogP contribution in [-0.4, -0.2) is 17.6 Å². The van der Waals surface area contributed by atoms with E-state index >= 15 is 0 Å². The molecule has 0 saturated heterocycles. The SMILES string of the molecule is CCC(CC)N(CC(C)C)c1c(N)cnc2ccccc12. The van der Waals surface area contributed by atoms with E-state index in [9.17, 15) is 0 Å². The summed E-state index contributed by atoms with van der Waals surface area (Å²) in [6, 6.07) is 8.79. The summed E-state index contributed by atoms with van der Waals surface area (Å²) in [7, 11) is 0. The molecule has 2 N–H and O–H groups in total. The van der Waals surface area contributed by atoms with Crippen molar-refractivity contribution < 1.29 is 0 Å². The molecule has 3 heteroatoms. The topological polar surface area (TPSA) is 42.1 Å². The van der Waals surface area contributed by atoms with Crippen LogP contribution in [0.4, 0.5) is 11.4 Å². The van der Waals surface area contributed by atoms with Crippen LogP contribution in [0.2, 0.25) is 0 Å². The van der Waals surface area contributed by atoms with Crippen LogP contribution >= 0.6 is 0 Å². The standard InChI is InChI=1S/C18H27N3/c1-5-14(6-2)21(12-13(3)4)18-15-9-7-8-10-17(15)20-11-16(18)19/h7-11,13-14H,5-6,12,19H2,1-4H3. The maximum atomic E-state index is 6.31. The zero-order valence-electron chi connectivity index (χ0n) is 13.6. The first-order chi connectivity index (χ1) is 10.1. The van der Waals surface area contributed by atoms with E-state index in [4.69, 9.17) is 5.73 Å². The van der Waals surface area contributed by atoms with E-state index in [2.05, 4.69) is 55.8 Å². The van der Waals surface area contributed by atoms with Gasteiger partial charge in [-0.05, 0) is 24.8 Å².